The van der Waals surface area contributed by atoms with Crippen LogP contribution in [0.1, 0.15) is 33.6 Å². The summed E-state index contributed by atoms with van der Waals surface area (Å²) >= 11 is 0. The van der Waals surface area contributed by atoms with Crippen molar-refractivity contribution < 1.29 is 17.2 Å². The third-order valence-corrected chi connectivity index (χ3v) is 4.91. The molecule has 0 heterocycles. The lowest BCUT2D eigenvalue weighted by molar-refractivity contribution is 0.00655. The molecule has 0 amide bonds. The van der Waals surface area contributed by atoms with Crippen molar-refractivity contribution in [2.75, 3.05) is 0 Å². The molecule has 96 valence electrons. The van der Waals surface area contributed by atoms with E-state index in [2.05, 4.69) is 4.72 Å². The van der Waals surface area contributed by atoms with Crippen LogP contribution in [0.2, 0.25) is 0 Å². The SMILES string of the molecule is CC(C)(C)S(=O)(=O)N[C@H]1CC(F)(F)C[C@H]1N. The second-order valence-electron chi connectivity index (χ2n) is 5.27. The van der Waals surface area contributed by atoms with Crippen LogP contribution in [0.15, 0.2) is 0 Å². The molecule has 1 saturated carbocycles. The van der Waals surface area contributed by atoms with Gasteiger partial charge in [-0.25, -0.2) is 21.9 Å². The normalized spacial score (nSPS) is 30.6. The Bertz CT molecular complexity index is 362. The summed E-state index contributed by atoms with van der Waals surface area (Å²) in [6.07, 6.45) is -0.992. The van der Waals surface area contributed by atoms with E-state index in [1.54, 1.807) is 0 Å². The second-order valence-corrected chi connectivity index (χ2v) is 7.74. The molecule has 3 N–H and O–H groups in total. The first kappa shape index (κ1) is 13.8. The Morgan fingerprint density at radius 3 is 2.12 bits per heavy atom. The van der Waals surface area contributed by atoms with E-state index in [1.165, 1.54) is 20.8 Å². The highest BCUT2D eigenvalue weighted by Crippen LogP contribution is 2.35. The van der Waals surface area contributed by atoms with Gasteiger partial charge in [-0.1, -0.05) is 0 Å². The summed E-state index contributed by atoms with van der Waals surface area (Å²) in [4.78, 5) is 0. The molecule has 7 heteroatoms. The summed E-state index contributed by atoms with van der Waals surface area (Å²) in [7, 11) is -3.63. The Balaban J connectivity index is 2.78. The van der Waals surface area contributed by atoms with Gasteiger partial charge in [-0.2, -0.15) is 0 Å². The number of nitrogens with one attached hydrogen (secondary N) is 1. The summed E-state index contributed by atoms with van der Waals surface area (Å²) < 4.78 is 50.8. The molecule has 2 atom stereocenters. The molecule has 0 bridgehead atoms. The summed E-state index contributed by atoms with van der Waals surface area (Å²) in [5.41, 5.74) is 5.50. The number of sulfonamides is 1. The van der Waals surface area contributed by atoms with Gasteiger partial charge in [0.15, 0.2) is 0 Å². The van der Waals surface area contributed by atoms with Crippen molar-refractivity contribution in [1.29, 1.82) is 0 Å². The van der Waals surface area contributed by atoms with Crippen molar-refractivity contribution in [3.8, 4) is 0 Å². The van der Waals surface area contributed by atoms with E-state index in [0.29, 0.717) is 0 Å². The molecule has 0 unspecified atom stereocenters. The molecular formula is C9H18F2N2O2S. The zero-order valence-corrected chi connectivity index (χ0v) is 10.4. The van der Waals surface area contributed by atoms with Gasteiger partial charge in [-0.3, -0.25) is 0 Å². The molecule has 1 fully saturated rings. The Kier molecular flexibility index (Phi) is 3.35. The molecule has 0 saturated heterocycles. The van der Waals surface area contributed by atoms with Crippen molar-refractivity contribution in [2.45, 2.75) is 56.4 Å². The molecule has 0 aliphatic heterocycles. The van der Waals surface area contributed by atoms with Gasteiger partial charge in [0.25, 0.3) is 5.92 Å². The van der Waals surface area contributed by atoms with Crippen LogP contribution >= 0.6 is 0 Å². The minimum absolute atomic E-state index is 0.468. The van der Waals surface area contributed by atoms with Crippen LogP contribution in [-0.4, -0.2) is 31.2 Å². The molecule has 1 aliphatic rings. The van der Waals surface area contributed by atoms with Gasteiger partial charge >= 0.3 is 0 Å². The smallest absolute Gasteiger partial charge is 0.251 e. The lowest BCUT2D eigenvalue weighted by Gasteiger charge is -2.24. The van der Waals surface area contributed by atoms with Crippen molar-refractivity contribution in [3.63, 3.8) is 0 Å². The van der Waals surface area contributed by atoms with E-state index in [9.17, 15) is 17.2 Å². The lowest BCUT2D eigenvalue weighted by atomic mass is 10.2. The fourth-order valence-corrected chi connectivity index (χ4v) is 2.56. The predicted molar refractivity (Wildman–Crippen MR) is 57.8 cm³/mol. The van der Waals surface area contributed by atoms with Crippen molar-refractivity contribution in [3.05, 3.63) is 0 Å². The molecule has 1 rings (SSSR count). The number of rotatable bonds is 2. The number of hydrogen-bond acceptors (Lipinski definition) is 3. The molecule has 1 aliphatic carbocycles. The first-order valence-electron chi connectivity index (χ1n) is 5.10. The van der Waals surface area contributed by atoms with Gasteiger partial charge < -0.3 is 5.73 Å². The molecule has 0 spiro atoms. The third-order valence-electron chi connectivity index (χ3n) is 2.68. The van der Waals surface area contributed by atoms with Crippen LogP contribution in [0.4, 0.5) is 8.78 Å². The maximum absolute atomic E-state index is 13.0. The monoisotopic (exact) mass is 256 g/mol. The van der Waals surface area contributed by atoms with Crippen LogP contribution < -0.4 is 10.5 Å². The van der Waals surface area contributed by atoms with Crippen molar-refractivity contribution >= 4 is 10.0 Å². The number of halogens is 2. The van der Waals surface area contributed by atoms with E-state index < -0.39 is 45.6 Å². The zero-order valence-electron chi connectivity index (χ0n) is 9.63. The van der Waals surface area contributed by atoms with E-state index in [0.717, 1.165) is 0 Å². The zero-order chi connectivity index (χ0) is 12.8. The van der Waals surface area contributed by atoms with E-state index in [4.69, 9.17) is 5.73 Å². The minimum Gasteiger partial charge on any atom is -0.326 e. The fraction of sp³-hybridized carbons (Fsp3) is 1.00. The van der Waals surface area contributed by atoms with E-state index >= 15 is 0 Å². The minimum atomic E-state index is -3.63. The largest absolute Gasteiger partial charge is 0.326 e. The van der Waals surface area contributed by atoms with Gasteiger partial charge in [0.1, 0.15) is 0 Å². The van der Waals surface area contributed by atoms with E-state index in [-0.39, 0.29) is 0 Å². The van der Waals surface area contributed by atoms with Gasteiger partial charge in [0.05, 0.1) is 4.75 Å². The Morgan fingerprint density at radius 1 is 1.31 bits per heavy atom. The first-order chi connectivity index (χ1) is 6.95. The highest BCUT2D eigenvalue weighted by Gasteiger charge is 2.47. The molecule has 16 heavy (non-hydrogen) atoms. The molecule has 0 aromatic rings. The molecular weight excluding hydrogens is 238 g/mol. The summed E-state index contributed by atoms with van der Waals surface area (Å²) in [6, 6.07) is -1.70. The van der Waals surface area contributed by atoms with Crippen LogP contribution in [-0.2, 0) is 10.0 Å². The Morgan fingerprint density at radius 2 is 1.81 bits per heavy atom. The Labute approximate surface area is 94.6 Å². The molecule has 4 nitrogen and oxygen atoms in total. The summed E-state index contributed by atoms with van der Waals surface area (Å²) in [5, 5.41) is 0. The number of hydrogen-bond donors (Lipinski definition) is 2. The highest BCUT2D eigenvalue weighted by molar-refractivity contribution is 7.90. The standard InChI is InChI=1S/C9H18F2N2O2S/c1-8(2,3)16(14,15)13-7-5-9(10,11)4-6(7)12/h6-7,13H,4-5,12H2,1-3H3/t6-,7+/m1/s1. The third kappa shape index (κ3) is 2.89. The van der Waals surface area contributed by atoms with Gasteiger partial charge in [0.2, 0.25) is 10.0 Å². The van der Waals surface area contributed by atoms with Crippen molar-refractivity contribution in [1.82, 2.24) is 4.72 Å². The van der Waals surface area contributed by atoms with Crippen LogP contribution in [0, 0.1) is 0 Å². The molecule has 0 radical (unpaired) electrons. The van der Waals surface area contributed by atoms with Gasteiger partial charge in [0, 0.05) is 24.9 Å². The van der Waals surface area contributed by atoms with E-state index in [1.807, 2.05) is 0 Å². The number of alkyl halides is 2. The average Bonchev–Trinajstić information content (AvgIpc) is 2.20. The second kappa shape index (κ2) is 3.89. The average molecular weight is 256 g/mol. The van der Waals surface area contributed by atoms with Crippen LogP contribution in [0.5, 0.6) is 0 Å². The molecule has 0 aromatic heterocycles. The van der Waals surface area contributed by atoms with Gasteiger partial charge in [-0.15, -0.1) is 0 Å². The predicted octanol–water partition coefficient (Wildman–Crippen LogP) is 0.829. The molecule has 0 aromatic carbocycles. The summed E-state index contributed by atoms with van der Waals surface area (Å²) in [6.45, 7) is 4.52. The fourth-order valence-electron chi connectivity index (χ4n) is 1.55. The Hall–Kier alpha value is -0.270. The summed E-state index contributed by atoms with van der Waals surface area (Å²) in [5.74, 6) is -2.87. The first-order valence-corrected chi connectivity index (χ1v) is 6.58. The maximum Gasteiger partial charge on any atom is 0.251 e. The highest BCUT2D eigenvalue weighted by atomic mass is 32.2. The maximum atomic E-state index is 13.0. The number of nitrogens with two attached hydrogens (primary N) is 1. The van der Waals surface area contributed by atoms with Crippen molar-refractivity contribution in [2.24, 2.45) is 5.73 Å². The van der Waals surface area contributed by atoms with Crippen LogP contribution in [0.25, 0.3) is 0 Å². The quantitative estimate of drug-likeness (QED) is 0.768. The van der Waals surface area contributed by atoms with Gasteiger partial charge in [-0.05, 0) is 20.8 Å². The van der Waals surface area contributed by atoms with Crippen LogP contribution in [0.3, 0.4) is 0 Å². The lowest BCUT2D eigenvalue weighted by Crippen LogP contribution is -2.49. The topological polar surface area (TPSA) is 72.2 Å².